The highest BCUT2D eigenvalue weighted by molar-refractivity contribution is 4.46. The van der Waals surface area contributed by atoms with Gasteiger partial charge in [0.2, 0.25) is 0 Å². The second kappa shape index (κ2) is 15.0. The number of hydrogen-bond donors (Lipinski definition) is 0. The van der Waals surface area contributed by atoms with E-state index in [0.29, 0.717) is 0 Å². The van der Waals surface area contributed by atoms with E-state index in [9.17, 15) is 0 Å². The van der Waals surface area contributed by atoms with Crippen LogP contribution in [0.5, 0.6) is 0 Å². The quantitative estimate of drug-likeness (QED) is 0.245. The Hall–Kier alpha value is -0.120. The second-order valence-corrected chi connectivity index (χ2v) is 8.54. The summed E-state index contributed by atoms with van der Waals surface area (Å²) < 4.78 is 8.39. The molecule has 0 aromatic carbocycles. The molecule has 0 rings (SSSR count). The minimum Gasteiger partial charge on any atom is -0.370 e. The molecule has 0 N–H and O–H groups in total. The minimum absolute atomic E-state index is 0.907. The molecule has 0 aliphatic heterocycles. The van der Waals surface area contributed by atoms with Crippen molar-refractivity contribution in [1.29, 1.82) is 0 Å². The average Bonchev–Trinajstić information content (AvgIpc) is 2.60. The van der Waals surface area contributed by atoms with Gasteiger partial charge in [-0.05, 0) is 39.5 Å². The van der Waals surface area contributed by atoms with Gasteiger partial charge in [0.1, 0.15) is 13.1 Å². The van der Waals surface area contributed by atoms with Crippen molar-refractivity contribution in [1.82, 2.24) is 0 Å². The van der Waals surface area contributed by atoms with Gasteiger partial charge in [-0.2, -0.15) is 0 Å². The fraction of sp³-hybridized carbons (Fsp3) is 1.00. The van der Waals surface area contributed by atoms with Crippen LogP contribution in [-0.4, -0.2) is 75.5 Å². The molecule has 0 heterocycles. The molecule has 0 bridgehead atoms. The van der Waals surface area contributed by atoms with Crippen molar-refractivity contribution < 1.29 is 13.7 Å². The lowest BCUT2D eigenvalue weighted by Crippen LogP contribution is -2.50. The van der Waals surface area contributed by atoms with Gasteiger partial charge in [-0.1, -0.05) is 39.5 Å². The molecular weight excluding hydrogens is 308 g/mol. The predicted molar refractivity (Wildman–Crippen MR) is 112 cm³/mol. The molecule has 3 heteroatoms. The standard InChI is InChI=1S/C22H50N2O/c1-7-11-13-15-17-23(5,6)19-21-25-22-20-24(9-3,10-4)18-16-14-12-8-2/h7-22H2,1-6H3/q+2. The van der Waals surface area contributed by atoms with Crippen LogP contribution in [0.4, 0.5) is 0 Å². The first-order valence-electron chi connectivity index (χ1n) is 11.2. The molecule has 0 saturated heterocycles. The first kappa shape index (κ1) is 24.9. The Morgan fingerprint density at radius 1 is 0.560 bits per heavy atom. The van der Waals surface area contributed by atoms with E-state index in [2.05, 4.69) is 41.8 Å². The van der Waals surface area contributed by atoms with Crippen molar-refractivity contribution in [3.05, 3.63) is 0 Å². The number of unbranched alkanes of at least 4 members (excludes halogenated alkanes) is 6. The Morgan fingerprint density at radius 3 is 1.60 bits per heavy atom. The van der Waals surface area contributed by atoms with Gasteiger partial charge in [-0.15, -0.1) is 0 Å². The molecule has 152 valence electrons. The summed E-state index contributed by atoms with van der Waals surface area (Å²) >= 11 is 0. The number of rotatable bonds is 18. The SMILES string of the molecule is CCCCCC[N+](C)(C)CCOCC[N+](CC)(CC)CCCCCC. The summed E-state index contributed by atoms with van der Waals surface area (Å²) in [5.74, 6) is 0. The van der Waals surface area contributed by atoms with Crippen molar-refractivity contribution in [2.45, 2.75) is 79.1 Å². The molecule has 25 heavy (non-hydrogen) atoms. The molecule has 0 unspecified atom stereocenters. The molecule has 0 spiro atoms. The van der Waals surface area contributed by atoms with Crippen LogP contribution in [0, 0.1) is 0 Å². The van der Waals surface area contributed by atoms with Crippen LogP contribution < -0.4 is 0 Å². The Balaban J connectivity index is 3.96. The van der Waals surface area contributed by atoms with E-state index >= 15 is 0 Å². The molecule has 0 fully saturated rings. The topological polar surface area (TPSA) is 9.23 Å². The summed E-state index contributed by atoms with van der Waals surface area (Å²) in [5, 5.41) is 0. The van der Waals surface area contributed by atoms with E-state index in [4.69, 9.17) is 4.74 Å². The monoisotopic (exact) mass is 358 g/mol. The van der Waals surface area contributed by atoms with Crippen LogP contribution in [0.1, 0.15) is 79.1 Å². The Morgan fingerprint density at radius 2 is 1.08 bits per heavy atom. The molecule has 0 saturated carbocycles. The van der Waals surface area contributed by atoms with Crippen LogP contribution in [0.15, 0.2) is 0 Å². The fourth-order valence-electron chi connectivity index (χ4n) is 3.59. The summed E-state index contributed by atoms with van der Waals surface area (Å²) in [5.41, 5.74) is 0. The zero-order valence-electron chi connectivity index (χ0n) is 18.6. The van der Waals surface area contributed by atoms with E-state index in [-0.39, 0.29) is 0 Å². The summed E-state index contributed by atoms with van der Waals surface area (Å²) in [6, 6.07) is 0. The first-order chi connectivity index (χ1) is 11.9. The molecule has 0 aromatic heterocycles. The van der Waals surface area contributed by atoms with Crippen molar-refractivity contribution in [2.75, 3.05) is 66.6 Å². The molecular formula is C22H50N2O+2. The van der Waals surface area contributed by atoms with E-state index in [1.807, 2.05) is 0 Å². The van der Waals surface area contributed by atoms with Crippen molar-refractivity contribution in [3.63, 3.8) is 0 Å². The molecule has 0 atom stereocenters. The summed E-state index contributed by atoms with van der Waals surface area (Å²) in [7, 11) is 4.70. The van der Waals surface area contributed by atoms with Gasteiger partial charge in [0, 0.05) is 0 Å². The molecule has 3 nitrogen and oxygen atoms in total. The molecule has 0 amide bonds. The van der Waals surface area contributed by atoms with Gasteiger partial charge < -0.3 is 13.7 Å². The molecule has 0 radical (unpaired) electrons. The minimum atomic E-state index is 0.907. The van der Waals surface area contributed by atoms with Crippen LogP contribution >= 0.6 is 0 Å². The van der Waals surface area contributed by atoms with E-state index in [1.54, 1.807) is 0 Å². The third-order valence-electron chi connectivity index (χ3n) is 6.00. The fourth-order valence-corrected chi connectivity index (χ4v) is 3.59. The lowest BCUT2D eigenvalue weighted by Gasteiger charge is -2.37. The van der Waals surface area contributed by atoms with Gasteiger partial charge in [-0.25, -0.2) is 0 Å². The average molecular weight is 359 g/mol. The Labute approximate surface area is 159 Å². The number of quaternary nitrogens is 2. The van der Waals surface area contributed by atoms with Crippen LogP contribution in [0.2, 0.25) is 0 Å². The van der Waals surface area contributed by atoms with Crippen LogP contribution in [-0.2, 0) is 4.74 Å². The zero-order valence-corrected chi connectivity index (χ0v) is 18.6. The predicted octanol–water partition coefficient (Wildman–Crippen LogP) is 5.10. The first-order valence-corrected chi connectivity index (χ1v) is 11.2. The smallest absolute Gasteiger partial charge is 0.102 e. The molecule has 0 aromatic rings. The van der Waals surface area contributed by atoms with Crippen molar-refractivity contribution in [2.24, 2.45) is 0 Å². The van der Waals surface area contributed by atoms with E-state index in [0.717, 1.165) is 24.2 Å². The highest BCUT2D eigenvalue weighted by atomic mass is 16.5. The Kier molecular flexibility index (Phi) is 14.9. The van der Waals surface area contributed by atoms with Crippen molar-refractivity contribution >= 4 is 0 Å². The summed E-state index contributed by atoms with van der Waals surface area (Å²) in [4.78, 5) is 0. The third-order valence-corrected chi connectivity index (χ3v) is 6.00. The number of nitrogens with zero attached hydrogens (tertiary/aromatic N) is 2. The normalized spacial score (nSPS) is 12.7. The van der Waals surface area contributed by atoms with Gasteiger partial charge in [-0.3, -0.25) is 0 Å². The number of likely N-dealkylation sites (N-methyl/N-ethyl adjacent to an activating group) is 2. The highest BCUT2D eigenvalue weighted by Gasteiger charge is 2.22. The van der Waals surface area contributed by atoms with Crippen LogP contribution in [0.3, 0.4) is 0 Å². The van der Waals surface area contributed by atoms with Gasteiger partial charge >= 0.3 is 0 Å². The molecule has 0 aliphatic rings. The molecule has 0 aliphatic carbocycles. The maximum Gasteiger partial charge on any atom is 0.102 e. The van der Waals surface area contributed by atoms with Gasteiger partial charge in [0.15, 0.2) is 0 Å². The van der Waals surface area contributed by atoms with E-state index in [1.165, 1.54) is 88.6 Å². The maximum absolute atomic E-state index is 6.05. The zero-order chi connectivity index (χ0) is 19.0. The second-order valence-electron chi connectivity index (χ2n) is 8.54. The van der Waals surface area contributed by atoms with Crippen molar-refractivity contribution in [3.8, 4) is 0 Å². The van der Waals surface area contributed by atoms with Gasteiger partial charge in [0.25, 0.3) is 0 Å². The number of ether oxygens (including phenoxy) is 1. The summed E-state index contributed by atoms with van der Waals surface area (Å²) in [6.45, 7) is 18.5. The highest BCUT2D eigenvalue weighted by Crippen LogP contribution is 2.11. The third kappa shape index (κ3) is 12.8. The maximum atomic E-state index is 6.05. The largest absolute Gasteiger partial charge is 0.370 e. The van der Waals surface area contributed by atoms with E-state index < -0.39 is 0 Å². The lowest BCUT2D eigenvalue weighted by atomic mass is 10.1. The number of hydrogen-bond acceptors (Lipinski definition) is 1. The summed E-state index contributed by atoms with van der Waals surface area (Å²) in [6.07, 6.45) is 10.9. The van der Waals surface area contributed by atoms with Gasteiger partial charge in [0.05, 0.1) is 53.5 Å². The van der Waals surface area contributed by atoms with Crippen LogP contribution in [0.25, 0.3) is 0 Å². The lowest BCUT2D eigenvalue weighted by molar-refractivity contribution is -0.925. The Bertz CT molecular complexity index is 288.